The predicted octanol–water partition coefficient (Wildman–Crippen LogP) is 4.27. The minimum Gasteiger partial charge on any atom is -0.507 e. The van der Waals surface area contributed by atoms with Crippen molar-refractivity contribution in [3.8, 4) is 5.75 Å². The van der Waals surface area contributed by atoms with Gasteiger partial charge in [-0.1, -0.05) is 50.7 Å². The molecule has 1 atom stereocenters. The van der Waals surface area contributed by atoms with Crippen molar-refractivity contribution in [2.45, 2.75) is 26.7 Å². The monoisotopic (exact) mass is 272 g/mol. The Morgan fingerprint density at radius 1 is 1.10 bits per heavy atom. The molecule has 0 aliphatic heterocycles. The molecule has 0 aliphatic carbocycles. The van der Waals surface area contributed by atoms with Crippen LogP contribution in [0.2, 0.25) is 0 Å². The molecule has 0 radical (unpaired) electrons. The molecule has 0 fully saturated rings. The fourth-order valence-corrected chi connectivity index (χ4v) is 2.29. The van der Waals surface area contributed by atoms with E-state index in [9.17, 15) is 9.90 Å². The summed E-state index contributed by atoms with van der Waals surface area (Å²) in [6, 6.07) is 14.7. The molecule has 2 rings (SSSR count). The number of aromatic carboxylic acids is 1. The standard InChI is InChI=1S/C16H16O3.CH4/c1-2-13(11-6-4-3-5-7-11)12-8-9-15(17)14(10-12)16(18)19;/h3-10,13,17H,2H2,1H3,(H,18,19);1H4. The predicted molar refractivity (Wildman–Crippen MR) is 80.4 cm³/mol. The average molecular weight is 272 g/mol. The summed E-state index contributed by atoms with van der Waals surface area (Å²) in [5, 5.41) is 18.6. The van der Waals surface area contributed by atoms with Crippen LogP contribution in [0.3, 0.4) is 0 Å². The third kappa shape index (κ3) is 3.18. The van der Waals surface area contributed by atoms with Gasteiger partial charge in [-0.3, -0.25) is 0 Å². The smallest absolute Gasteiger partial charge is 0.339 e. The highest BCUT2D eigenvalue weighted by atomic mass is 16.4. The van der Waals surface area contributed by atoms with E-state index in [0.717, 1.165) is 17.5 Å². The molecule has 3 nitrogen and oxygen atoms in total. The van der Waals surface area contributed by atoms with Crippen molar-refractivity contribution >= 4 is 5.97 Å². The zero-order valence-corrected chi connectivity index (χ0v) is 10.7. The first kappa shape index (κ1) is 15.8. The third-order valence-corrected chi connectivity index (χ3v) is 3.26. The van der Waals surface area contributed by atoms with Gasteiger partial charge in [-0.25, -0.2) is 4.79 Å². The topological polar surface area (TPSA) is 57.5 Å². The lowest BCUT2D eigenvalue weighted by atomic mass is 9.88. The summed E-state index contributed by atoms with van der Waals surface area (Å²) in [5.41, 5.74) is 2.00. The van der Waals surface area contributed by atoms with E-state index >= 15 is 0 Å². The van der Waals surface area contributed by atoms with Crippen LogP contribution in [0.15, 0.2) is 48.5 Å². The maximum Gasteiger partial charge on any atom is 0.339 e. The Bertz CT molecular complexity index is 576. The van der Waals surface area contributed by atoms with Crippen LogP contribution in [0.1, 0.15) is 48.2 Å². The Morgan fingerprint density at radius 2 is 1.75 bits per heavy atom. The Balaban J connectivity index is 0.00000200. The quantitative estimate of drug-likeness (QED) is 0.874. The van der Waals surface area contributed by atoms with Crippen LogP contribution in [0.4, 0.5) is 0 Å². The second kappa shape index (κ2) is 6.75. The average Bonchev–Trinajstić information content (AvgIpc) is 2.42. The number of hydrogen-bond acceptors (Lipinski definition) is 2. The largest absolute Gasteiger partial charge is 0.507 e. The molecule has 20 heavy (non-hydrogen) atoms. The van der Waals surface area contributed by atoms with Crippen LogP contribution < -0.4 is 0 Å². The van der Waals surface area contributed by atoms with Gasteiger partial charge >= 0.3 is 5.97 Å². The Morgan fingerprint density at radius 3 is 2.30 bits per heavy atom. The molecule has 1 unspecified atom stereocenters. The van der Waals surface area contributed by atoms with E-state index in [2.05, 4.69) is 6.92 Å². The van der Waals surface area contributed by atoms with Crippen LogP contribution in [0, 0.1) is 0 Å². The molecule has 0 saturated heterocycles. The number of aromatic hydroxyl groups is 1. The maximum absolute atomic E-state index is 11.1. The van der Waals surface area contributed by atoms with Crippen molar-refractivity contribution in [3.05, 3.63) is 65.2 Å². The molecule has 3 heteroatoms. The Kier molecular flexibility index (Phi) is 5.32. The van der Waals surface area contributed by atoms with Gasteiger partial charge in [0.2, 0.25) is 0 Å². The van der Waals surface area contributed by atoms with Gasteiger partial charge < -0.3 is 10.2 Å². The summed E-state index contributed by atoms with van der Waals surface area (Å²) in [6.07, 6.45) is 0.869. The second-order valence-electron chi connectivity index (χ2n) is 4.45. The summed E-state index contributed by atoms with van der Waals surface area (Å²) in [7, 11) is 0. The van der Waals surface area contributed by atoms with Crippen LogP contribution >= 0.6 is 0 Å². The van der Waals surface area contributed by atoms with Gasteiger partial charge in [-0.05, 0) is 29.7 Å². The zero-order chi connectivity index (χ0) is 13.8. The van der Waals surface area contributed by atoms with E-state index in [0.29, 0.717) is 0 Å². The van der Waals surface area contributed by atoms with Gasteiger partial charge in [0, 0.05) is 5.92 Å². The molecule has 0 heterocycles. The van der Waals surface area contributed by atoms with Crippen molar-refractivity contribution < 1.29 is 15.0 Å². The van der Waals surface area contributed by atoms with Gasteiger partial charge in [0.25, 0.3) is 0 Å². The lowest BCUT2D eigenvalue weighted by molar-refractivity contribution is 0.0693. The van der Waals surface area contributed by atoms with Crippen LogP contribution in [-0.4, -0.2) is 16.2 Å². The molecule has 0 saturated carbocycles. The molecule has 0 aromatic heterocycles. The first-order chi connectivity index (χ1) is 9.13. The molecule has 0 aliphatic rings. The van der Waals surface area contributed by atoms with Gasteiger partial charge in [-0.15, -0.1) is 0 Å². The first-order valence-electron chi connectivity index (χ1n) is 6.24. The van der Waals surface area contributed by atoms with Crippen LogP contribution in [-0.2, 0) is 0 Å². The number of rotatable bonds is 4. The van der Waals surface area contributed by atoms with Gasteiger partial charge in [-0.2, -0.15) is 0 Å². The van der Waals surface area contributed by atoms with Crippen molar-refractivity contribution in [3.63, 3.8) is 0 Å². The third-order valence-electron chi connectivity index (χ3n) is 3.26. The number of hydrogen-bond donors (Lipinski definition) is 2. The first-order valence-corrected chi connectivity index (χ1v) is 6.24. The van der Waals surface area contributed by atoms with E-state index in [-0.39, 0.29) is 24.7 Å². The highest BCUT2D eigenvalue weighted by Crippen LogP contribution is 2.30. The van der Waals surface area contributed by atoms with Crippen molar-refractivity contribution in [2.24, 2.45) is 0 Å². The summed E-state index contributed by atoms with van der Waals surface area (Å²) < 4.78 is 0. The lowest BCUT2D eigenvalue weighted by Crippen LogP contribution is -2.03. The number of carboxylic acid groups (broad SMARTS) is 1. The fraction of sp³-hybridized carbons (Fsp3) is 0.235. The summed E-state index contributed by atoms with van der Waals surface area (Å²) in [4.78, 5) is 11.1. The number of benzene rings is 2. The second-order valence-corrected chi connectivity index (χ2v) is 4.45. The number of carbonyl (C=O) groups is 1. The minimum atomic E-state index is -1.11. The van der Waals surface area contributed by atoms with E-state index < -0.39 is 5.97 Å². The van der Waals surface area contributed by atoms with E-state index in [1.165, 1.54) is 6.07 Å². The molecule has 2 N–H and O–H groups in total. The molecular formula is C17H20O3. The summed E-state index contributed by atoms with van der Waals surface area (Å²) in [5.74, 6) is -1.17. The molecule has 2 aromatic carbocycles. The SMILES string of the molecule is C.CCC(c1ccccc1)c1ccc(O)c(C(=O)O)c1. The van der Waals surface area contributed by atoms with E-state index in [1.54, 1.807) is 12.1 Å². The van der Waals surface area contributed by atoms with E-state index in [1.807, 2.05) is 30.3 Å². The highest BCUT2D eigenvalue weighted by molar-refractivity contribution is 5.91. The molecule has 106 valence electrons. The van der Waals surface area contributed by atoms with Gasteiger partial charge in [0.15, 0.2) is 0 Å². The maximum atomic E-state index is 11.1. The molecule has 0 bridgehead atoms. The molecule has 0 spiro atoms. The molecular weight excluding hydrogens is 252 g/mol. The summed E-state index contributed by atoms with van der Waals surface area (Å²) in [6.45, 7) is 2.06. The van der Waals surface area contributed by atoms with E-state index in [4.69, 9.17) is 5.11 Å². The fourth-order valence-electron chi connectivity index (χ4n) is 2.29. The number of carboxylic acids is 1. The minimum absolute atomic E-state index is 0. The Hall–Kier alpha value is -2.29. The normalized spacial score (nSPS) is 11.4. The Labute approximate surface area is 119 Å². The van der Waals surface area contributed by atoms with Crippen molar-refractivity contribution in [1.82, 2.24) is 0 Å². The zero-order valence-electron chi connectivity index (χ0n) is 10.7. The highest BCUT2D eigenvalue weighted by Gasteiger charge is 2.16. The van der Waals surface area contributed by atoms with Crippen LogP contribution in [0.5, 0.6) is 5.75 Å². The molecule has 2 aromatic rings. The number of phenols is 1. The van der Waals surface area contributed by atoms with Gasteiger partial charge in [0.05, 0.1) is 0 Å². The van der Waals surface area contributed by atoms with Crippen molar-refractivity contribution in [2.75, 3.05) is 0 Å². The molecule has 0 amide bonds. The summed E-state index contributed by atoms with van der Waals surface area (Å²) >= 11 is 0. The lowest BCUT2D eigenvalue weighted by Gasteiger charge is -2.16. The van der Waals surface area contributed by atoms with Gasteiger partial charge in [0.1, 0.15) is 11.3 Å². The van der Waals surface area contributed by atoms with Crippen LogP contribution in [0.25, 0.3) is 0 Å². The van der Waals surface area contributed by atoms with Crippen molar-refractivity contribution in [1.29, 1.82) is 0 Å².